The van der Waals surface area contributed by atoms with Crippen LogP contribution < -0.4 is 4.80 Å². The first-order valence-electron chi connectivity index (χ1n) is 12.3. The number of benzene rings is 1. The van der Waals surface area contributed by atoms with Gasteiger partial charge in [0.25, 0.3) is 15.9 Å². The molecule has 37 heavy (non-hydrogen) atoms. The van der Waals surface area contributed by atoms with Crippen LogP contribution in [0, 0.1) is 5.92 Å². The molecular weight excluding hydrogens is 554 g/mol. The molecule has 4 rings (SSSR count). The topological polar surface area (TPSA) is 98.0 Å². The first-order chi connectivity index (χ1) is 17.7. The van der Waals surface area contributed by atoms with Crippen molar-refractivity contribution in [2.24, 2.45) is 10.9 Å². The molecule has 1 aliphatic heterocycles. The summed E-state index contributed by atoms with van der Waals surface area (Å²) < 4.78 is 35.6. The number of sulfonamides is 1. The van der Waals surface area contributed by atoms with E-state index in [2.05, 4.69) is 24.0 Å². The van der Waals surface area contributed by atoms with Gasteiger partial charge in [-0.05, 0) is 62.4 Å². The molecule has 0 bridgehead atoms. The van der Waals surface area contributed by atoms with Gasteiger partial charge in [0.2, 0.25) is 0 Å². The number of rotatable bonds is 9. The van der Waals surface area contributed by atoms with Crippen molar-refractivity contribution in [3.63, 3.8) is 0 Å². The van der Waals surface area contributed by atoms with Crippen molar-refractivity contribution >= 4 is 66.4 Å². The third-order valence-electron chi connectivity index (χ3n) is 6.31. The van der Waals surface area contributed by atoms with E-state index in [0.717, 1.165) is 40.8 Å². The van der Waals surface area contributed by atoms with Gasteiger partial charge in [0.05, 0.1) is 21.2 Å². The summed E-state index contributed by atoms with van der Waals surface area (Å²) in [6.07, 6.45) is 3.91. The number of carbonyl (C=O) groups is 2. The highest BCUT2D eigenvalue weighted by atomic mass is 35.5. The molecule has 0 aliphatic carbocycles. The number of carbonyl (C=O) groups excluding carboxylic acids is 2. The summed E-state index contributed by atoms with van der Waals surface area (Å²) in [5.41, 5.74) is 2.04. The summed E-state index contributed by atoms with van der Waals surface area (Å²) in [7, 11) is -3.63. The molecule has 0 radical (unpaired) electrons. The van der Waals surface area contributed by atoms with E-state index in [-0.39, 0.29) is 42.3 Å². The fourth-order valence-electron chi connectivity index (χ4n) is 4.32. The van der Waals surface area contributed by atoms with Crippen molar-refractivity contribution in [3.05, 3.63) is 45.0 Å². The Hall–Kier alpha value is -2.05. The third kappa shape index (κ3) is 6.51. The van der Waals surface area contributed by atoms with Gasteiger partial charge >= 0.3 is 5.97 Å². The predicted octanol–water partition coefficient (Wildman–Crippen LogP) is 4.85. The zero-order chi connectivity index (χ0) is 26.6. The van der Waals surface area contributed by atoms with E-state index in [4.69, 9.17) is 16.3 Å². The third-order valence-corrected chi connectivity index (χ3v) is 10.9. The van der Waals surface area contributed by atoms with Crippen molar-refractivity contribution in [1.82, 2.24) is 8.87 Å². The highest BCUT2D eigenvalue weighted by molar-refractivity contribution is 7.91. The number of fused-ring (bicyclic) bond motifs is 1. The number of unbranched alkanes of at least 4 members (excludes halogenated alkanes) is 1. The first-order valence-corrected chi connectivity index (χ1v) is 15.8. The monoisotopic (exact) mass is 583 g/mol. The van der Waals surface area contributed by atoms with Crippen molar-refractivity contribution in [1.29, 1.82) is 0 Å². The number of aryl methyl sites for hydroxylation is 1. The van der Waals surface area contributed by atoms with Gasteiger partial charge in [-0.2, -0.15) is 9.30 Å². The lowest BCUT2D eigenvalue weighted by atomic mass is 9.98. The summed E-state index contributed by atoms with van der Waals surface area (Å²) in [4.78, 5) is 30.4. The number of thiophene rings is 1. The number of ether oxygens (including phenoxy) is 1. The minimum atomic E-state index is -3.63. The lowest BCUT2D eigenvalue weighted by molar-refractivity contribution is -0.143. The second kappa shape index (κ2) is 12.2. The van der Waals surface area contributed by atoms with Gasteiger partial charge in [-0.3, -0.25) is 9.59 Å². The molecule has 0 unspecified atom stereocenters. The number of esters is 1. The number of nitrogens with zero attached hydrogens (tertiary/aromatic N) is 3. The molecular formula is C25H30ClN3O5S3. The number of hydrogen-bond donors (Lipinski definition) is 0. The van der Waals surface area contributed by atoms with E-state index in [0.29, 0.717) is 22.0 Å². The maximum Gasteiger partial charge on any atom is 0.326 e. The maximum absolute atomic E-state index is 13.2. The summed E-state index contributed by atoms with van der Waals surface area (Å²) in [5, 5.41) is 0. The molecule has 1 saturated heterocycles. The Balaban J connectivity index is 1.56. The van der Waals surface area contributed by atoms with Crippen LogP contribution in [-0.4, -0.2) is 48.9 Å². The van der Waals surface area contributed by atoms with E-state index in [1.165, 1.54) is 27.3 Å². The van der Waals surface area contributed by atoms with Crippen molar-refractivity contribution < 1.29 is 22.7 Å². The SMILES string of the molecule is CCCCc1ccc2c(c1)sc(=NC(=O)C1CCN(S(=O)(=O)c3ccc(Cl)s3)CC1)n2CC(=O)OCC. The van der Waals surface area contributed by atoms with E-state index in [1.54, 1.807) is 17.6 Å². The number of piperidine rings is 1. The lowest BCUT2D eigenvalue weighted by Crippen LogP contribution is -2.40. The highest BCUT2D eigenvalue weighted by Gasteiger charge is 2.33. The molecule has 0 atom stereocenters. The molecule has 1 fully saturated rings. The van der Waals surface area contributed by atoms with E-state index in [1.807, 2.05) is 6.07 Å². The van der Waals surface area contributed by atoms with Crippen molar-refractivity contribution in [2.75, 3.05) is 19.7 Å². The second-order valence-corrected chi connectivity index (χ2v) is 13.8. The summed E-state index contributed by atoms with van der Waals surface area (Å²) >= 11 is 8.32. The average molecular weight is 584 g/mol. The standard InChI is InChI=1S/C25H30ClN3O5S3/c1-3-5-6-17-7-8-19-20(15-17)35-25(29(19)16-22(30)34-4-2)27-24(31)18-11-13-28(14-12-18)37(32,33)23-10-9-21(26)36-23/h7-10,15,18H,3-6,11-14,16H2,1-2H3. The van der Waals surface area contributed by atoms with Gasteiger partial charge in [0.1, 0.15) is 10.8 Å². The fraction of sp³-hybridized carbons (Fsp3) is 0.480. The Kier molecular flexibility index (Phi) is 9.23. The van der Waals surface area contributed by atoms with Gasteiger partial charge in [0.15, 0.2) is 4.80 Å². The molecule has 1 aromatic carbocycles. The number of hydrogen-bond acceptors (Lipinski definition) is 7. The lowest BCUT2D eigenvalue weighted by Gasteiger charge is -2.29. The summed E-state index contributed by atoms with van der Waals surface area (Å²) in [6, 6.07) is 9.19. The van der Waals surface area contributed by atoms with Gasteiger partial charge in [-0.15, -0.1) is 11.3 Å². The number of thiazole rings is 1. The second-order valence-electron chi connectivity index (χ2n) is 8.87. The van der Waals surface area contributed by atoms with Crippen LogP contribution in [0.1, 0.15) is 45.1 Å². The van der Waals surface area contributed by atoms with Gasteiger partial charge < -0.3 is 9.30 Å². The quantitative estimate of drug-likeness (QED) is 0.335. The normalized spacial score (nSPS) is 15.9. The van der Waals surface area contributed by atoms with Crippen LogP contribution in [0.4, 0.5) is 0 Å². The van der Waals surface area contributed by atoms with Crippen LogP contribution in [-0.2, 0) is 37.3 Å². The number of halogens is 1. The zero-order valence-electron chi connectivity index (χ0n) is 20.8. The Morgan fingerprint density at radius 2 is 1.89 bits per heavy atom. The molecule has 1 aliphatic rings. The van der Waals surface area contributed by atoms with Crippen LogP contribution in [0.25, 0.3) is 10.2 Å². The minimum Gasteiger partial charge on any atom is -0.465 e. The van der Waals surface area contributed by atoms with Gasteiger partial charge in [-0.1, -0.05) is 42.3 Å². The Labute approximate surface area is 229 Å². The van der Waals surface area contributed by atoms with Crippen LogP contribution in [0.5, 0.6) is 0 Å². The van der Waals surface area contributed by atoms with Crippen LogP contribution in [0.15, 0.2) is 39.5 Å². The predicted molar refractivity (Wildman–Crippen MR) is 146 cm³/mol. The zero-order valence-corrected chi connectivity index (χ0v) is 24.0. The smallest absolute Gasteiger partial charge is 0.326 e. The van der Waals surface area contributed by atoms with E-state index < -0.39 is 16.0 Å². The Morgan fingerprint density at radius 3 is 2.54 bits per heavy atom. The molecule has 2 aromatic heterocycles. The largest absolute Gasteiger partial charge is 0.465 e. The van der Waals surface area contributed by atoms with Crippen molar-refractivity contribution in [3.8, 4) is 0 Å². The molecule has 200 valence electrons. The van der Waals surface area contributed by atoms with Crippen molar-refractivity contribution in [2.45, 2.75) is 56.7 Å². The average Bonchev–Trinajstić information content (AvgIpc) is 3.46. The molecule has 12 heteroatoms. The summed E-state index contributed by atoms with van der Waals surface area (Å²) in [6.45, 7) is 4.61. The number of amides is 1. The van der Waals surface area contributed by atoms with Crippen LogP contribution in [0.2, 0.25) is 4.34 Å². The Bertz CT molecular complexity index is 1450. The molecule has 8 nitrogen and oxygen atoms in total. The molecule has 3 heterocycles. The molecule has 0 spiro atoms. The first kappa shape index (κ1) is 28.0. The maximum atomic E-state index is 13.2. The molecule has 1 amide bonds. The summed E-state index contributed by atoms with van der Waals surface area (Å²) in [5.74, 6) is -1.08. The van der Waals surface area contributed by atoms with E-state index >= 15 is 0 Å². The van der Waals surface area contributed by atoms with Gasteiger partial charge in [-0.25, -0.2) is 8.42 Å². The highest BCUT2D eigenvalue weighted by Crippen LogP contribution is 2.31. The molecule has 0 N–H and O–H groups in total. The number of aromatic nitrogens is 1. The van der Waals surface area contributed by atoms with Crippen LogP contribution >= 0.6 is 34.3 Å². The van der Waals surface area contributed by atoms with Crippen LogP contribution in [0.3, 0.4) is 0 Å². The molecule has 3 aromatic rings. The van der Waals surface area contributed by atoms with Gasteiger partial charge in [0, 0.05) is 19.0 Å². The fourth-order valence-corrected chi connectivity index (χ4v) is 8.53. The Morgan fingerprint density at radius 1 is 1.14 bits per heavy atom. The molecule has 0 saturated carbocycles. The minimum absolute atomic E-state index is 0.0334. The van der Waals surface area contributed by atoms with E-state index in [9.17, 15) is 18.0 Å².